The summed E-state index contributed by atoms with van der Waals surface area (Å²) in [5, 5.41) is 8.93. The summed E-state index contributed by atoms with van der Waals surface area (Å²) in [4.78, 5) is 13.1. The lowest BCUT2D eigenvalue weighted by Gasteiger charge is -2.37. The molecule has 0 saturated carbocycles. The molecule has 2 unspecified atom stereocenters. The van der Waals surface area contributed by atoms with E-state index in [0.717, 1.165) is 25.9 Å². The molecule has 4 nitrogen and oxygen atoms in total. The van der Waals surface area contributed by atoms with Crippen LogP contribution < -0.4 is 0 Å². The van der Waals surface area contributed by atoms with E-state index < -0.39 is 5.97 Å². The number of nitrogens with zero attached hydrogens (tertiary/aromatic N) is 1. The van der Waals surface area contributed by atoms with Gasteiger partial charge in [-0.1, -0.05) is 6.92 Å². The largest absolute Gasteiger partial charge is 0.481 e. The van der Waals surface area contributed by atoms with Gasteiger partial charge in [-0.15, -0.1) is 0 Å². The van der Waals surface area contributed by atoms with Crippen molar-refractivity contribution in [3.05, 3.63) is 0 Å². The monoisotopic (exact) mass is 215 g/mol. The molecule has 1 heterocycles. The molecule has 0 amide bonds. The maximum absolute atomic E-state index is 10.9. The highest BCUT2D eigenvalue weighted by Gasteiger charge is 2.28. The molecule has 88 valence electrons. The molecular formula is C11H21NO3. The molecule has 0 spiro atoms. The number of carboxylic acid groups (broad SMARTS) is 1. The third-order valence-corrected chi connectivity index (χ3v) is 3.50. The van der Waals surface area contributed by atoms with E-state index in [9.17, 15) is 4.79 Å². The molecule has 1 N–H and O–H groups in total. The minimum absolute atomic E-state index is 0.111. The van der Waals surface area contributed by atoms with Gasteiger partial charge in [0.2, 0.25) is 0 Å². The number of methoxy groups -OCH3 is 1. The van der Waals surface area contributed by atoms with Gasteiger partial charge in [0.25, 0.3) is 0 Å². The number of likely N-dealkylation sites (tertiary alicyclic amines) is 1. The molecule has 1 aliphatic rings. The van der Waals surface area contributed by atoms with Crippen molar-refractivity contribution in [1.82, 2.24) is 4.90 Å². The molecule has 2 atom stereocenters. The van der Waals surface area contributed by atoms with E-state index >= 15 is 0 Å². The van der Waals surface area contributed by atoms with E-state index in [1.54, 1.807) is 14.0 Å². The maximum Gasteiger partial charge on any atom is 0.307 e. The Morgan fingerprint density at radius 1 is 1.40 bits per heavy atom. The quantitative estimate of drug-likeness (QED) is 0.765. The summed E-state index contributed by atoms with van der Waals surface area (Å²) in [5.74, 6) is -1.01. The molecule has 4 heteroatoms. The molecule has 1 rings (SSSR count). The summed E-state index contributed by atoms with van der Waals surface area (Å²) < 4.78 is 5.28. The Labute approximate surface area is 91.2 Å². The van der Waals surface area contributed by atoms with E-state index in [1.165, 1.54) is 0 Å². The van der Waals surface area contributed by atoms with E-state index in [-0.39, 0.29) is 12.0 Å². The van der Waals surface area contributed by atoms with Crippen LogP contribution in [0.1, 0.15) is 26.7 Å². The van der Waals surface area contributed by atoms with Gasteiger partial charge >= 0.3 is 5.97 Å². The van der Waals surface area contributed by atoms with Crippen molar-refractivity contribution < 1.29 is 14.6 Å². The van der Waals surface area contributed by atoms with Crippen molar-refractivity contribution in [1.29, 1.82) is 0 Å². The molecule has 1 saturated heterocycles. The molecule has 0 aliphatic carbocycles. The highest BCUT2D eigenvalue weighted by molar-refractivity contribution is 5.70. The molecule has 0 aromatic carbocycles. The van der Waals surface area contributed by atoms with Gasteiger partial charge in [-0.25, -0.2) is 0 Å². The van der Waals surface area contributed by atoms with Crippen LogP contribution in [0, 0.1) is 5.92 Å². The van der Waals surface area contributed by atoms with E-state index in [4.69, 9.17) is 9.84 Å². The minimum Gasteiger partial charge on any atom is -0.481 e. The summed E-state index contributed by atoms with van der Waals surface area (Å²) in [5.41, 5.74) is 0. The maximum atomic E-state index is 10.9. The number of carbonyl (C=O) groups is 1. The van der Waals surface area contributed by atoms with Crippen LogP contribution in [0.5, 0.6) is 0 Å². The van der Waals surface area contributed by atoms with E-state index in [1.807, 2.05) is 6.92 Å². The number of hydrogen-bond donors (Lipinski definition) is 1. The Kier molecular flexibility index (Phi) is 4.54. The van der Waals surface area contributed by atoms with Gasteiger partial charge in [-0.3, -0.25) is 9.69 Å². The van der Waals surface area contributed by atoms with Gasteiger partial charge in [0.15, 0.2) is 0 Å². The zero-order valence-corrected chi connectivity index (χ0v) is 9.77. The normalized spacial score (nSPS) is 23.7. The van der Waals surface area contributed by atoms with E-state index in [2.05, 4.69) is 4.90 Å². The second-order valence-electron chi connectivity index (χ2n) is 4.34. The molecule has 1 fully saturated rings. The van der Waals surface area contributed by atoms with Crippen molar-refractivity contribution in [3.63, 3.8) is 0 Å². The van der Waals surface area contributed by atoms with Crippen LogP contribution in [0.4, 0.5) is 0 Å². The lowest BCUT2D eigenvalue weighted by atomic mass is 9.98. The Morgan fingerprint density at radius 2 is 1.93 bits per heavy atom. The fraction of sp³-hybridized carbons (Fsp3) is 0.909. The van der Waals surface area contributed by atoms with Crippen LogP contribution in [0.15, 0.2) is 0 Å². The van der Waals surface area contributed by atoms with Crippen LogP contribution in [0.2, 0.25) is 0 Å². The summed E-state index contributed by atoms with van der Waals surface area (Å²) >= 11 is 0. The van der Waals surface area contributed by atoms with Crippen molar-refractivity contribution in [2.75, 3.05) is 20.2 Å². The van der Waals surface area contributed by atoms with Gasteiger partial charge in [0, 0.05) is 26.2 Å². The highest BCUT2D eigenvalue weighted by Crippen LogP contribution is 2.19. The van der Waals surface area contributed by atoms with Gasteiger partial charge < -0.3 is 9.84 Å². The van der Waals surface area contributed by atoms with Gasteiger partial charge in [0.1, 0.15) is 0 Å². The number of rotatable bonds is 4. The Hall–Kier alpha value is -0.610. The van der Waals surface area contributed by atoms with Gasteiger partial charge in [-0.05, 0) is 19.8 Å². The van der Waals surface area contributed by atoms with Crippen LogP contribution in [-0.2, 0) is 9.53 Å². The lowest BCUT2D eigenvalue weighted by Crippen LogP contribution is -2.46. The third-order valence-electron chi connectivity index (χ3n) is 3.50. The van der Waals surface area contributed by atoms with Gasteiger partial charge in [-0.2, -0.15) is 0 Å². The number of carboxylic acids is 1. The molecule has 1 aliphatic heterocycles. The molecule has 0 bridgehead atoms. The van der Waals surface area contributed by atoms with Crippen molar-refractivity contribution in [3.8, 4) is 0 Å². The number of hydrogen-bond acceptors (Lipinski definition) is 3. The third kappa shape index (κ3) is 3.18. The molecule has 0 radical (unpaired) electrons. The number of aliphatic carboxylic acids is 1. The lowest BCUT2D eigenvalue weighted by molar-refractivity contribution is -0.143. The fourth-order valence-corrected chi connectivity index (χ4v) is 2.04. The van der Waals surface area contributed by atoms with Crippen LogP contribution >= 0.6 is 0 Å². The first-order chi connectivity index (χ1) is 7.06. The first-order valence-electron chi connectivity index (χ1n) is 5.56. The Balaban J connectivity index is 2.42. The van der Waals surface area contributed by atoms with Crippen LogP contribution in [0.3, 0.4) is 0 Å². The van der Waals surface area contributed by atoms with E-state index in [0.29, 0.717) is 6.10 Å². The smallest absolute Gasteiger partial charge is 0.307 e. The van der Waals surface area contributed by atoms with Crippen LogP contribution in [-0.4, -0.2) is 48.3 Å². The number of ether oxygens (including phenoxy) is 1. The fourth-order valence-electron chi connectivity index (χ4n) is 2.04. The van der Waals surface area contributed by atoms with Gasteiger partial charge in [0.05, 0.1) is 12.0 Å². The second kappa shape index (κ2) is 5.47. The van der Waals surface area contributed by atoms with Crippen molar-refractivity contribution >= 4 is 5.97 Å². The zero-order valence-electron chi connectivity index (χ0n) is 9.77. The summed E-state index contributed by atoms with van der Waals surface area (Å²) in [6.45, 7) is 5.65. The predicted molar refractivity (Wildman–Crippen MR) is 57.9 cm³/mol. The average Bonchev–Trinajstić information content (AvgIpc) is 2.27. The standard InChI is InChI=1S/C11H21NO3/c1-8(11(13)14)9(2)12-6-4-10(15-3)5-7-12/h8-10H,4-7H2,1-3H3,(H,13,14). The van der Waals surface area contributed by atoms with Crippen LogP contribution in [0.25, 0.3) is 0 Å². The summed E-state index contributed by atoms with van der Waals surface area (Å²) in [6.07, 6.45) is 2.37. The second-order valence-corrected chi connectivity index (χ2v) is 4.34. The summed E-state index contributed by atoms with van der Waals surface area (Å²) in [7, 11) is 1.74. The molecule has 0 aromatic rings. The minimum atomic E-state index is -0.712. The molecular weight excluding hydrogens is 194 g/mol. The van der Waals surface area contributed by atoms with Crippen molar-refractivity contribution in [2.24, 2.45) is 5.92 Å². The predicted octanol–water partition coefficient (Wildman–Crippen LogP) is 1.21. The Bertz CT molecular complexity index is 212. The average molecular weight is 215 g/mol. The first kappa shape index (κ1) is 12.5. The molecule has 0 aromatic heterocycles. The topological polar surface area (TPSA) is 49.8 Å². The first-order valence-corrected chi connectivity index (χ1v) is 5.56. The summed E-state index contributed by atoms with van der Waals surface area (Å²) in [6, 6.07) is 0.111. The Morgan fingerprint density at radius 3 is 2.33 bits per heavy atom. The zero-order chi connectivity index (χ0) is 11.4. The SMILES string of the molecule is COC1CCN(C(C)C(C)C(=O)O)CC1. The molecule has 15 heavy (non-hydrogen) atoms. The number of piperidine rings is 1. The van der Waals surface area contributed by atoms with Crippen molar-refractivity contribution in [2.45, 2.75) is 38.8 Å². The highest BCUT2D eigenvalue weighted by atomic mass is 16.5.